The van der Waals surface area contributed by atoms with Crippen LogP contribution in [-0.4, -0.2) is 71.8 Å². The number of likely N-dealkylation sites (tertiary alicyclic amines) is 1. The average Bonchev–Trinajstić information content (AvgIpc) is 3.06. The minimum Gasteiger partial charge on any atom is -0.340 e. The Kier molecular flexibility index (Phi) is 5.82. The maximum atomic E-state index is 12.8. The molecule has 0 aromatic carbocycles. The van der Waals surface area contributed by atoms with Crippen molar-refractivity contribution in [2.24, 2.45) is 5.92 Å². The van der Waals surface area contributed by atoms with Crippen LogP contribution in [0.3, 0.4) is 0 Å². The van der Waals surface area contributed by atoms with Crippen LogP contribution < -0.4 is 0 Å². The molecule has 1 atom stereocenters. The van der Waals surface area contributed by atoms with Gasteiger partial charge in [0, 0.05) is 51.1 Å². The SMILES string of the molecule is C=CCN1CC[C@@]2(CCC1=O)CN(C(=O)CC1CCCC1)CCN2C. The summed E-state index contributed by atoms with van der Waals surface area (Å²) >= 11 is 0. The first-order valence-electron chi connectivity index (χ1n) is 9.92. The Bertz CT molecular complexity index is 515. The lowest BCUT2D eigenvalue weighted by Crippen LogP contribution is -2.62. The van der Waals surface area contributed by atoms with Gasteiger partial charge in [0.2, 0.25) is 11.8 Å². The lowest BCUT2D eigenvalue weighted by atomic mass is 9.86. The third-order valence-electron chi connectivity index (χ3n) is 6.64. The van der Waals surface area contributed by atoms with Crippen molar-refractivity contribution in [2.75, 3.05) is 39.8 Å². The number of likely N-dealkylation sites (N-methyl/N-ethyl adjacent to an activating group) is 1. The molecule has 3 aliphatic rings. The summed E-state index contributed by atoms with van der Waals surface area (Å²) in [7, 11) is 2.16. The Balaban J connectivity index is 1.66. The number of piperazine rings is 1. The van der Waals surface area contributed by atoms with Crippen LogP contribution in [0, 0.1) is 5.92 Å². The number of carbonyl (C=O) groups is 2. The maximum absolute atomic E-state index is 12.8. The van der Waals surface area contributed by atoms with Crippen molar-refractivity contribution < 1.29 is 9.59 Å². The standard InChI is InChI=1S/C20H33N3O2/c1-3-11-22-12-10-20(9-8-18(22)24)16-23(14-13-21(20)2)19(25)15-17-6-4-5-7-17/h3,17H,1,4-16H2,2H3/t20-/m0/s1. The molecule has 0 radical (unpaired) electrons. The van der Waals surface area contributed by atoms with Crippen LogP contribution in [0.5, 0.6) is 0 Å². The highest BCUT2D eigenvalue weighted by Crippen LogP contribution is 2.33. The molecule has 5 nitrogen and oxygen atoms in total. The highest BCUT2D eigenvalue weighted by atomic mass is 16.2. The average molecular weight is 348 g/mol. The van der Waals surface area contributed by atoms with Gasteiger partial charge in [0.25, 0.3) is 0 Å². The summed E-state index contributed by atoms with van der Waals surface area (Å²) in [5, 5.41) is 0. The van der Waals surface area contributed by atoms with Crippen LogP contribution in [0.1, 0.15) is 51.4 Å². The third kappa shape index (κ3) is 4.08. The number of hydrogen-bond acceptors (Lipinski definition) is 3. The van der Waals surface area contributed by atoms with Gasteiger partial charge in [0.15, 0.2) is 0 Å². The van der Waals surface area contributed by atoms with E-state index < -0.39 is 0 Å². The quantitative estimate of drug-likeness (QED) is 0.733. The lowest BCUT2D eigenvalue weighted by molar-refractivity contribution is -0.137. The largest absolute Gasteiger partial charge is 0.340 e. The molecule has 140 valence electrons. The number of rotatable bonds is 4. The van der Waals surface area contributed by atoms with Crippen LogP contribution in [0.2, 0.25) is 0 Å². The van der Waals surface area contributed by atoms with Gasteiger partial charge in [0.05, 0.1) is 0 Å². The fourth-order valence-corrected chi connectivity index (χ4v) is 4.85. The molecule has 0 N–H and O–H groups in total. The van der Waals surface area contributed by atoms with E-state index in [2.05, 4.69) is 23.4 Å². The highest BCUT2D eigenvalue weighted by molar-refractivity contribution is 5.78. The zero-order chi connectivity index (χ0) is 17.9. The minimum absolute atomic E-state index is 0.0465. The van der Waals surface area contributed by atoms with Crippen molar-refractivity contribution in [3.05, 3.63) is 12.7 Å². The van der Waals surface area contributed by atoms with Gasteiger partial charge in [-0.15, -0.1) is 6.58 Å². The Morgan fingerprint density at radius 1 is 1.24 bits per heavy atom. The molecule has 2 saturated heterocycles. The van der Waals surface area contributed by atoms with E-state index in [4.69, 9.17) is 0 Å². The van der Waals surface area contributed by atoms with Crippen LogP contribution >= 0.6 is 0 Å². The zero-order valence-electron chi connectivity index (χ0n) is 15.7. The minimum atomic E-state index is -0.0465. The monoisotopic (exact) mass is 347 g/mol. The molecule has 25 heavy (non-hydrogen) atoms. The second-order valence-electron chi connectivity index (χ2n) is 8.19. The zero-order valence-corrected chi connectivity index (χ0v) is 15.7. The van der Waals surface area contributed by atoms with Crippen molar-refractivity contribution in [1.82, 2.24) is 14.7 Å². The molecule has 1 spiro atoms. The maximum Gasteiger partial charge on any atom is 0.222 e. The summed E-state index contributed by atoms with van der Waals surface area (Å²) in [6.07, 6.45) is 9.89. The Morgan fingerprint density at radius 2 is 2.00 bits per heavy atom. The molecule has 0 aromatic rings. The van der Waals surface area contributed by atoms with Crippen molar-refractivity contribution in [1.29, 1.82) is 0 Å². The Labute approximate surface area is 152 Å². The molecule has 0 bridgehead atoms. The molecule has 3 fully saturated rings. The molecule has 0 unspecified atom stereocenters. The first-order chi connectivity index (χ1) is 12.0. The van der Waals surface area contributed by atoms with E-state index in [1.165, 1.54) is 25.7 Å². The second-order valence-corrected chi connectivity index (χ2v) is 8.19. The fourth-order valence-electron chi connectivity index (χ4n) is 4.85. The van der Waals surface area contributed by atoms with Crippen LogP contribution in [0.15, 0.2) is 12.7 Å². The van der Waals surface area contributed by atoms with E-state index in [9.17, 15) is 9.59 Å². The van der Waals surface area contributed by atoms with Gasteiger partial charge in [-0.1, -0.05) is 18.9 Å². The summed E-state index contributed by atoms with van der Waals surface area (Å²) in [6, 6.07) is 0. The van der Waals surface area contributed by atoms with E-state index in [1.54, 1.807) is 6.08 Å². The number of nitrogens with zero attached hydrogens (tertiary/aromatic N) is 3. The van der Waals surface area contributed by atoms with Gasteiger partial charge in [0.1, 0.15) is 0 Å². The third-order valence-corrected chi connectivity index (χ3v) is 6.64. The van der Waals surface area contributed by atoms with Gasteiger partial charge < -0.3 is 9.80 Å². The van der Waals surface area contributed by atoms with Gasteiger partial charge >= 0.3 is 0 Å². The van der Waals surface area contributed by atoms with E-state index in [-0.39, 0.29) is 11.4 Å². The summed E-state index contributed by atoms with van der Waals surface area (Å²) in [5.74, 6) is 1.15. The molecule has 3 rings (SSSR count). The van der Waals surface area contributed by atoms with E-state index in [0.717, 1.165) is 45.4 Å². The highest BCUT2D eigenvalue weighted by Gasteiger charge is 2.43. The molecule has 0 aromatic heterocycles. The topological polar surface area (TPSA) is 43.9 Å². The summed E-state index contributed by atoms with van der Waals surface area (Å²) in [5.41, 5.74) is -0.0465. The van der Waals surface area contributed by atoms with Crippen molar-refractivity contribution in [3.8, 4) is 0 Å². The fraction of sp³-hybridized carbons (Fsp3) is 0.800. The summed E-state index contributed by atoms with van der Waals surface area (Å²) in [6.45, 7) is 7.68. The molecular weight excluding hydrogens is 314 g/mol. The molecule has 1 aliphatic carbocycles. The van der Waals surface area contributed by atoms with E-state index in [0.29, 0.717) is 24.8 Å². The van der Waals surface area contributed by atoms with Crippen molar-refractivity contribution >= 4 is 11.8 Å². The molecule has 5 heteroatoms. The molecule has 2 heterocycles. The first-order valence-corrected chi connectivity index (χ1v) is 9.92. The molecule has 2 amide bonds. The predicted molar refractivity (Wildman–Crippen MR) is 99.1 cm³/mol. The molecule has 2 aliphatic heterocycles. The normalized spacial score (nSPS) is 29.2. The Morgan fingerprint density at radius 3 is 2.72 bits per heavy atom. The first kappa shape index (κ1) is 18.4. The number of amides is 2. The number of carbonyl (C=O) groups excluding carboxylic acids is 2. The van der Waals surface area contributed by atoms with Gasteiger partial charge in [-0.2, -0.15) is 0 Å². The molecule has 1 saturated carbocycles. The Hall–Kier alpha value is -1.36. The van der Waals surface area contributed by atoms with Crippen LogP contribution in [-0.2, 0) is 9.59 Å². The van der Waals surface area contributed by atoms with E-state index in [1.807, 2.05) is 4.90 Å². The van der Waals surface area contributed by atoms with E-state index >= 15 is 0 Å². The predicted octanol–water partition coefficient (Wildman–Crippen LogP) is 2.28. The molecular formula is C20H33N3O2. The summed E-state index contributed by atoms with van der Waals surface area (Å²) in [4.78, 5) is 31.6. The van der Waals surface area contributed by atoms with Crippen molar-refractivity contribution in [3.63, 3.8) is 0 Å². The van der Waals surface area contributed by atoms with Gasteiger partial charge in [-0.3, -0.25) is 14.5 Å². The second kappa shape index (κ2) is 7.90. The van der Waals surface area contributed by atoms with Gasteiger partial charge in [-0.25, -0.2) is 0 Å². The van der Waals surface area contributed by atoms with Crippen molar-refractivity contribution in [2.45, 2.75) is 56.9 Å². The summed E-state index contributed by atoms with van der Waals surface area (Å²) < 4.78 is 0. The van der Waals surface area contributed by atoms with Crippen LogP contribution in [0.4, 0.5) is 0 Å². The lowest BCUT2D eigenvalue weighted by Gasteiger charge is -2.49. The number of hydrogen-bond donors (Lipinski definition) is 0. The van der Waals surface area contributed by atoms with Gasteiger partial charge in [-0.05, 0) is 38.6 Å². The smallest absolute Gasteiger partial charge is 0.222 e. The van der Waals surface area contributed by atoms with Crippen LogP contribution in [0.25, 0.3) is 0 Å².